The Balaban J connectivity index is 1.47. The monoisotopic (exact) mass is 286 g/mol. The molecule has 2 aliphatic rings. The van der Waals surface area contributed by atoms with Crippen molar-refractivity contribution in [2.45, 2.75) is 44.6 Å². The highest BCUT2D eigenvalue weighted by molar-refractivity contribution is 5.78. The predicted molar refractivity (Wildman–Crippen MR) is 85.2 cm³/mol. The number of benzene rings is 1. The van der Waals surface area contributed by atoms with Gasteiger partial charge in [0.05, 0.1) is 6.42 Å². The molecule has 114 valence electrons. The topological polar surface area (TPSA) is 23.6 Å². The molecule has 0 aromatic heterocycles. The van der Waals surface area contributed by atoms with Crippen LogP contribution in [0.15, 0.2) is 30.3 Å². The zero-order valence-corrected chi connectivity index (χ0v) is 12.8. The summed E-state index contributed by atoms with van der Waals surface area (Å²) in [5.74, 6) is 0.290. The van der Waals surface area contributed by atoms with Crippen molar-refractivity contribution in [3.8, 4) is 0 Å². The Hall–Kier alpha value is -1.35. The number of carbonyl (C=O) groups is 1. The van der Waals surface area contributed by atoms with Gasteiger partial charge in [0.15, 0.2) is 0 Å². The Morgan fingerprint density at radius 1 is 0.952 bits per heavy atom. The van der Waals surface area contributed by atoms with Gasteiger partial charge in [0.1, 0.15) is 0 Å². The van der Waals surface area contributed by atoms with E-state index in [1.54, 1.807) is 0 Å². The summed E-state index contributed by atoms with van der Waals surface area (Å²) >= 11 is 0. The van der Waals surface area contributed by atoms with Crippen molar-refractivity contribution in [3.63, 3.8) is 0 Å². The van der Waals surface area contributed by atoms with Crippen LogP contribution in [0.25, 0.3) is 0 Å². The lowest BCUT2D eigenvalue weighted by Crippen LogP contribution is -2.48. The normalized spacial score (nSPS) is 21.4. The first-order valence-electron chi connectivity index (χ1n) is 8.39. The number of nitrogens with zero attached hydrogens (tertiary/aromatic N) is 2. The summed E-state index contributed by atoms with van der Waals surface area (Å²) in [4.78, 5) is 17.1. The van der Waals surface area contributed by atoms with Crippen molar-refractivity contribution in [1.29, 1.82) is 0 Å². The van der Waals surface area contributed by atoms with Gasteiger partial charge in [-0.2, -0.15) is 0 Å². The Kier molecular flexibility index (Phi) is 4.91. The molecule has 2 aliphatic heterocycles. The molecule has 0 N–H and O–H groups in total. The minimum atomic E-state index is 0.290. The number of hydrogen-bond acceptors (Lipinski definition) is 2. The Bertz CT molecular complexity index is 446. The van der Waals surface area contributed by atoms with E-state index in [2.05, 4.69) is 9.80 Å². The molecule has 0 radical (unpaired) electrons. The van der Waals surface area contributed by atoms with Crippen molar-refractivity contribution in [3.05, 3.63) is 35.9 Å². The van der Waals surface area contributed by atoms with Crippen molar-refractivity contribution >= 4 is 5.91 Å². The van der Waals surface area contributed by atoms with Gasteiger partial charge in [-0.25, -0.2) is 0 Å². The first-order chi connectivity index (χ1) is 10.3. The molecule has 2 fully saturated rings. The fourth-order valence-electron chi connectivity index (χ4n) is 3.65. The van der Waals surface area contributed by atoms with E-state index in [0.29, 0.717) is 18.4 Å². The molecule has 0 spiro atoms. The van der Waals surface area contributed by atoms with Crippen LogP contribution in [0.4, 0.5) is 0 Å². The molecule has 3 heteroatoms. The molecule has 0 aliphatic carbocycles. The fourth-order valence-corrected chi connectivity index (χ4v) is 3.65. The summed E-state index contributed by atoms with van der Waals surface area (Å²) in [6.07, 6.45) is 6.96. The summed E-state index contributed by atoms with van der Waals surface area (Å²) in [6.45, 7) is 4.41. The quantitative estimate of drug-likeness (QED) is 0.853. The molecular weight excluding hydrogens is 260 g/mol. The van der Waals surface area contributed by atoms with Gasteiger partial charge in [-0.15, -0.1) is 0 Å². The lowest BCUT2D eigenvalue weighted by Gasteiger charge is -2.40. The third kappa shape index (κ3) is 3.85. The van der Waals surface area contributed by atoms with Gasteiger partial charge in [0.25, 0.3) is 0 Å². The van der Waals surface area contributed by atoms with Crippen LogP contribution in [0.2, 0.25) is 0 Å². The predicted octanol–water partition coefficient (Wildman–Crippen LogP) is 2.71. The average Bonchev–Trinajstić information content (AvgIpc) is 2.57. The maximum Gasteiger partial charge on any atom is 0.226 e. The van der Waals surface area contributed by atoms with Crippen molar-refractivity contribution in [2.75, 3.05) is 26.2 Å². The summed E-state index contributed by atoms with van der Waals surface area (Å²) < 4.78 is 0. The number of rotatable bonds is 3. The summed E-state index contributed by atoms with van der Waals surface area (Å²) in [5, 5.41) is 0. The van der Waals surface area contributed by atoms with Crippen LogP contribution < -0.4 is 0 Å². The second-order valence-electron chi connectivity index (χ2n) is 6.37. The maximum atomic E-state index is 12.4. The zero-order chi connectivity index (χ0) is 14.5. The Labute approximate surface area is 127 Å². The molecule has 3 nitrogen and oxygen atoms in total. The standard InChI is InChI=1S/C18H26N2O/c21-18(15-16-7-3-1-4-8-16)20-13-9-17(10-14-20)19-11-5-2-6-12-19/h1,3-4,7-8,17H,2,5-6,9-15H2. The molecule has 2 saturated heterocycles. The first kappa shape index (κ1) is 14.6. The minimum absolute atomic E-state index is 0.290. The van der Waals surface area contributed by atoms with Gasteiger partial charge >= 0.3 is 0 Å². The summed E-state index contributed by atoms with van der Waals surface area (Å²) in [6, 6.07) is 10.8. The molecule has 1 amide bonds. The Morgan fingerprint density at radius 2 is 1.62 bits per heavy atom. The van der Waals surface area contributed by atoms with E-state index < -0.39 is 0 Å². The van der Waals surface area contributed by atoms with Crippen LogP contribution >= 0.6 is 0 Å². The third-order valence-corrected chi connectivity index (χ3v) is 4.92. The van der Waals surface area contributed by atoms with Gasteiger partial charge in [-0.05, 0) is 44.3 Å². The SMILES string of the molecule is O=C(Cc1ccccc1)N1CCC(N2CCCCC2)CC1. The molecule has 0 unspecified atom stereocenters. The highest BCUT2D eigenvalue weighted by Gasteiger charge is 2.27. The average molecular weight is 286 g/mol. The molecule has 0 saturated carbocycles. The fraction of sp³-hybridized carbons (Fsp3) is 0.611. The number of amides is 1. The van der Waals surface area contributed by atoms with Crippen LogP contribution in [0.1, 0.15) is 37.7 Å². The summed E-state index contributed by atoms with van der Waals surface area (Å²) in [5.41, 5.74) is 1.13. The number of piperidine rings is 2. The number of hydrogen-bond donors (Lipinski definition) is 0. The molecule has 2 heterocycles. The van der Waals surface area contributed by atoms with Gasteiger partial charge in [-0.3, -0.25) is 4.79 Å². The second-order valence-corrected chi connectivity index (χ2v) is 6.37. The highest BCUT2D eigenvalue weighted by atomic mass is 16.2. The van der Waals surface area contributed by atoms with E-state index in [1.807, 2.05) is 30.3 Å². The molecule has 0 atom stereocenters. The molecular formula is C18H26N2O. The van der Waals surface area contributed by atoms with Gasteiger partial charge < -0.3 is 9.80 Å². The number of carbonyl (C=O) groups excluding carboxylic acids is 1. The molecule has 21 heavy (non-hydrogen) atoms. The van der Waals surface area contributed by atoms with Crippen LogP contribution in [0.3, 0.4) is 0 Å². The molecule has 0 bridgehead atoms. The minimum Gasteiger partial charge on any atom is -0.342 e. The number of likely N-dealkylation sites (tertiary alicyclic amines) is 2. The van der Waals surface area contributed by atoms with Gasteiger partial charge in [0, 0.05) is 19.1 Å². The Morgan fingerprint density at radius 3 is 2.29 bits per heavy atom. The van der Waals surface area contributed by atoms with Crippen molar-refractivity contribution < 1.29 is 4.79 Å². The van der Waals surface area contributed by atoms with E-state index in [9.17, 15) is 4.79 Å². The summed E-state index contributed by atoms with van der Waals surface area (Å²) in [7, 11) is 0. The highest BCUT2D eigenvalue weighted by Crippen LogP contribution is 2.21. The van der Waals surface area contributed by atoms with Crippen LogP contribution in [0.5, 0.6) is 0 Å². The molecule has 1 aromatic rings. The van der Waals surface area contributed by atoms with Crippen molar-refractivity contribution in [2.24, 2.45) is 0 Å². The largest absolute Gasteiger partial charge is 0.342 e. The van der Waals surface area contributed by atoms with E-state index in [1.165, 1.54) is 32.4 Å². The van der Waals surface area contributed by atoms with Crippen LogP contribution in [-0.4, -0.2) is 47.9 Å². The first-order valence-corrected chi connectivity index (χ1v) is 8.39. The van der Waals surface area contributed by atoms with Crippen LogP contribution in [-0.2, 0) is 11.2 Å². The third-order valence-electron chi connectivity index (χ3n) is 4.92. The molecule has 1 aromatic carbocycles. The smallest absolute Gasteiger partial charge is 0.226 e. The van der Waals surface area contributed by atoms with Crippen molar-refractivity contribution in [1.82, 2.24) is 9.80 Å². The van der Waals surface area contributed by atoms with E-state index in [4.69, 9.17) is 0 Å². The van der Waals surface area contributed by atoms with Gasteiger partial charge in [-0.1, -0.05) is 36.8 Å². The van der Waals surface area contributed by atoms with Gasteiger partial charge in [0.2, 0.25) is 5.91 Å². The van der Waals surface area contributed by atoms with Crippen LogP contribution in [0, 0.1) is 0 Å². The molecule has 3 rings (SSSR count). The lowest BCUT2D eigenvalue weighted by atomic mass is 9.99. The van der Waals surface area contributed by atoms with E-state index in [-0.39, 0.29) is 0 Å². The zero-order valence-electron chi connectivity index (χ0n) is 12.8. The van der Waals surface area contributed by atoms with E-state index in [0.717, 1.165) is 31.5 Å². The second kappa shape index (κ2) is 7.08. The lowest BCUT2D eigenvalue weighted by molar-refractivity contribution is -0.132. The maximum absolute atomic E-state index is 12.4. The van der Waals surface area contributed by atoms with E-state index >= 15 is 0 Å².